The summed E-state index contributed by atoms with van der Waals surface area (Å²) in [4.78, 5) is 22.5. The Morgan fingerprint density at radius 2 is 2.06 bits per heavy atom. The van der Waals surface area contributed by atoms with E-state index in [-0.39, 0.29) is 11.6 Å². The molecule has 2 fully saturated rings. The Labute approximate surface area is 196 Å². The second kappa shape index (κ2) is 8.47. The molecule has 3 aromatic heterocycles. The summed E-state index contributed by atoms with van der Waals surface area (Å²) in [5.74, 6) is 1.89. The van der Waals surface area contributed by atoms with Crippen LogP contribution in [0.25, 0.3) is 21.8 Å². The van der Waals surface area contributed by atoms with Crippen LogP contribution in [0.15, 0.2) is 47.4 Å². The lowest BCUT2D eigenvalue weighted by molar-refractivity contribution is 0.122. The number of nitriles is 1. The van der Waals surface area contributed by atoms with Crippen LogP contribution in [0, 0.1) is 17.2 Å². The zero-order valence-corrected chi connectivity index (χ0v) is 18.7. The number of ether oxygens (including phenoxy) is 1. The minimum Gasteiger partial charge on any atom is -0.378 e. The molecule has 1 saturated heterocycles. The number of morpholine rings is 1. The van der Waals surface area contributed by atoms with Gasteiger partial charge >= 0.3 is 0 Å². The van der Waals surface area contributed by atoms with Gasteiger partial charge in [-0.1, -0.05) is 0 Å². The van der Waals surface area contributed by atoms with Crippen molar-refractivity contribution in [2.24, 2.45) is 5.92 Å². The number of nitrogens with one attached hydrogen (secondary N) is 2. The number of anilines is 3. The zero-order valence-electron chi connectivity index (χ0n) is 18.7. The molecular formula is C25H25N7O2. The molecule has 9 nitrogen and oxygen atoms in total. The van der Waals surface area contributed by atoms with Crippen LogP contribution in [0.4, 0.5) is 17.3 Å². The van der Waals surface area contributed by atoms with Gasteiger partial charge in [0, 0.05) is 30.4 Å². The first-order chi connectivity index (χ1) is 16.7. The molecule has 172 valence electrons. The van der Waals surface area contributed by atoms with Crippen LogP contribution >= 0.6 is 0 Å². The van der Waals surface area contributed by atoms with Gasteiger partial charge in [0.05, 0.1) is 42.8 Å². The topological polar surface area (TPSA) is 112 Å². The number of hydrogen-bond acceptors (Lipinski definition) is 7. The predicted octanol–water partition coefficient (Wildman–Crippen LogP) is 3.72. The third kappa shape index (κ3) is 3.76. The molecule has 4 aromatic rings. The molecule has 0 amide bonds. The Kier molecular flexibility index (Phi) is 5.15. The van der Waals surface area contributed by atoms with Crippen LogP contribution in [0.3, 0.4) is 0 Å². The molecular weight excluding hydrogens is 430 g/mol. The van der Waals surface area contributed by atoms with Crippen molar-refractivity contribution in [1.29, 1.82) is 5.26 Å². The van der Waals surface area contributed by atoms with Crippen LogP contribution in [0.2, 0.25) is 0 Å². The van der Waals surface area contributed by atoms with E-state index in [4.69, 9.17) is 14.8 Å². The van der Waals surface area contributed by atoms with Crippen molar-refractivity contribution in [3.8, 4) is 6.07 Å². The van der Waals surface area contributed by atoms with E-state index < -0.39 is 0 Å². The Morgan fingerprint density at radius 3 is 2.85 bits per heavy atom. The first kappa shape index (κ1) is 20.7. The summed E-state index contributed by atoms with van der Waals surface area (Å²) in [5.41, 5.74) is 2.28. The van der Waals surface area contributed by atoms with E-state index in [1.54, 1.807) is 6.20 Å². The highest BCUT2D eigenvalue weighted by Crippen LogP contribution is 2.43. The maximum atomic E-state index is 12.7. The maximum Gasteiger partial charge on any atom is 0.261 e. The minimum absolute atomic E-state index is 0.0238. The van der Waals surface area contributed by atoms with Gasteiger partial charge in [-0.15, -0.1) is 0 Å². The predicted molar refractivity (Wildman–Crippen MR) is 130 cm³/mol. The van der Waals surface area contributed by atoms with Crippen molar-refractivity contribution in [2.75, 3.05) is 36.5 Å². The van der Waals surface area contributed by atoms with Crippen LogP contribution in [-0.4, -0.2) is 46.1 Å². The third-order valence-corrected chi connectivity index (χ3v) is 6.68. The molecule has 1 atom stereocenters. The molecule has 0 bridgehead atoms. The Bertz CT molecular complexity index is 1460. The standard InChI is InChI=1S/C25H25N7O2/c26-9-7-20(16-1-2-16)32-21-8-10-27-25(33)23(21)24(30-32)28-18-4-5-19-17(15-18)3-6-22(29-19)31-11-13-34-14-12-31/h3-6,8,10,15-16,20H,1-2,7,11-14H2,(H,27,33)(H,28,30). The van der Waals surface area contributed by atoms with Gasteiger partial charge in [0.25, 0.3) is 5.56 Å². The SMILES string of the molecule is N#CCC(C1CC1)n1nc(Nc2ccc3nc(N4CCOCC4)ccc3c2)c2c(=O)[nH]ccc21. The molecule has 6 rings (SSSR count). The number of hydrogen-bond donors (Lipinski definition) is 2. The van der Waals surface area contributed by atoms with Gasteiger partial charge in [0.1, 0.15) is 11.2 Å². The van der Waals surface area contributed by atoms with E-state index in [1.165, 1.54) is 0 Å². The van der Waals surface area contributed by atoms with E-state index in [2.05, 4.69) is 27.3 Å². The van der Waals surface area contributed by atoms with Crippen LogP contribution < -0.4 is 15.8 Å². The quantitative estimate of drug-likeness (QED) is 0.456. The van der Waals surface area contributed by atoms with Crippen LogP contribution in [0.5, 0.6) is 0 Å². The highest BCUT2D eigenvalue weighted by atomic mass is 16.5. The van der Waals surface area contributed by atoms with E-state index in [0.717, 1.165) is 67.1 Å². The molecule has 2 aliphatic rings. The molecule has 0 radical (unpaired) electrons. The van der Waals surface area contributed by atoms with Crippen LogP contribution in [0.1, 0.15) is 25.3 Å². The molecule has 1 aliphatic heterocycles. The number of aromatic amines is 1. The lowest BCUT2D eigenvalue weighted by atomic mass is 10.1. The zero-order chi connectivity index (χ0) is 23.1. The highest BCUT2D eigenvalue weighted by Gasteiger charge is 2.34. The summed E-state index contributed by atoms with van der Waals surface area (Å²) in [6.45, 7) is 3.13. The molecule has 0 spiro atoms. The normalized spacial score (nSPS) is 17.1. The van der Waals surface area contributed by atoms with E-state index in [9.17, 15) is 10.1 Å². The van der Waals surface area contributed by atoms with Crippen molar-refractivity contribution in [3.63, 3.8) is 0 Å². The first-order valence-electron chi connectivity index (χ1n) is 11.7. The Hall–Kier alpha value is -3.90. The fraction of sp³-hybridized carbons (Fsp3) is 0.360. The lowest BCUT2D eigenvalue weighted by Crippen LogP contribution is -2.36. The summed E-state index contributed by atoms with van der Waals surface area (Å²) in [7, 11) is 0. The van der Waals surface area contributed by atoms with Gasteiger partial charge in [-0.3, -0.25) is 9.48 Å². The van der Waals surface area contributed by atoms with Gasteiger partial charge in [-0.25, -0.2) is 4.98 Å². The number of H-pyrrole nitrogens is 1. The van der Waals surface area contributed by atoms with Crippen molar-refractivity contribution >= 4 is 39.1 Å². The molecule has 1 aromatic carbocycles. The second-order valence-electron chi connectivity index (χ2n) is 8.93. The molecule has 4 heterocycles. The van der Waals surface area contributed by atoms with E-state index >= 15 is 0 Å². The molecule has 9 heteroatoms. The number of pyridine rings is 2. The smallest absolute Gasteiger partial charge is 0.261 e. The minimum atomic E-state index is -0.199. The van der Waals surface area contributed by atoms with Gasteiger partial charge in [0.2, 0.25) is 0 Å². The number of nitrogens with zero attached hydrogens (tertiary/aromatic N) is 5. The monoisotopic (exact) mass is 455 g/mol. The molecule has 34 heavy (non-hydrogen) atoms. The Balaban J connectivity index is 1.35. The number of rotatable bonds is 6. The summed E-state index contributed by atoms with van der Waals surface area (Å²) in [5, 5.41) is 19.0. The van der Waals surface area contributed by atoms with Crippen molar-refractivity contribution < 1.29 is 4.74 Å². The molecule has 1 aliphatic carbocycles. The lowest BCUT2D eigenvalue weighted by Gasteiger charge is -2.27. The summed E-state index contributed by atoms with van der Waals surface area (Å²) in [6.07, 6.45) is 4.19. The Morgan fingerprint density at radius 1 is 1.21 bits per heavy atom. The average Bonchev–Trinajstić information content (AvgIpc) is 3.65. The number of aromatic nitrogens is 4. The fourth-order valence-electron chi connectivity index (χ4n) is 4.77. The number of fused-ring (bicyclic) bond motifs is 2. The number of benzene rings is 1. The van der Waals surface area contributed by atoms with E-state index in [0.29, 0.717) is 23.5 Å². The average molecular weight is 456 g/mol. The fourth-order valence-corrected chi connectivity index (χ4v) is 4.77. The first-order valence-corrected chi connectivity index (χ1v) is 11.7. The van der Waals surface area contributed by atoms with Gasteiger partial charge < -0.3 is 19.9 Å². The van der Waals surface area contributed by atoms with Gasteiger partial charge in [0.15, 0.2) is 5.82 Å². The third-order valence-electron chi connectivity index (χ3n) is 6.68. The van der Waals surface area contributed by atoms with Crippen molar-refractivity contribution in [2.45, 2.75) is 25.3 Å². The van der Waals surface area contributed by atoms with Gasteiger partial charge in [-0.2, -0.15) is 10.4 Å². The summed E-state index contributed by atoms with van der Waals surface area (Å²) < 4.78 is 7.31. The second-order valence-corrected chi connectivity index (χ2v) is 8.93. The van der Waals surface area contributed by atoms with Crippen LogP contribution in [-0.2, 0) is 4.74 Å². The van der Waals surface area contributed by atoms with Gasteiger partial charge in [-0.05, 0) is 55.2 Å². The van der Waals surface area contributed by atoms with E-state index in [1.807, 2.05) is 35.0 Å². The molecule has 1 unspecified atom stereocenters. The summed E-state index contributed by atoms with van der Waals surface area (Å²) in [6, 6.07) is 14.2. The van der Waals surface area contributed by atoms with Crippen molar-refractivity contribution in [3.05, 3.63) is 52.9 Å². The maximum absolute atomic E-state index is 12.7. The highest BCUT2D eigenvalue weighted by molar-refractivity contribution is 5.92. The molecule has 2 N–H and O–H groups in total. The molecule has 1 saturated carbocycles. The van der Waals surface area contributed by atoms with Crippen molar-refractivity contribution in [1.82, 2.24) is 19.7 Å². The largest absolute Gasteiger partial charge is 0.378 e. The summed E-state index contributed by atoms with van der Waals surface area (Å²) >= 11 is 0.